The van der Waals surface area contributed by atoms with Gasteiger partial charge in [-0.3, -0.25) is 14.5 Å². The second-order valence-corrected chi connectivity index (χ2v) is 7.00. The van der Waals surface area contributed by atoms with E-state index in [-0.39, 0.29) is 11.8 Å². The van der Waals surface area contributed by atoms with Crippen molar-refractivity contribution in [2.24, 2.45) is 0 Å². The summed E-state index contributed by atoms with van der Waals surface area (Å²) in [4.78, 5) is 28.2. The van der Waals surface area contributed by atoms with E-state index in [1.807, 2.05) is 31.2 Å². The first-order valence-corrected chi connectivity index (χ1v) is 8.90. The van der Waals surface area contributed by atoms with E-state index in [9.17, 15) is 14.0 Å². The molecule has 1 spiro atoms. The van der Waals surface area contributed by atoms with E-state index in [1.54, 1.807) is 18.2 Å². The number of nitrogens with zero attached hydrogens (tertiary/aromatic N) is 1. The first-order chi connectivity index (χ1) is 13.5. The molecule has 2 aliphatic rings. The van der Waals surface area contributed by atoms with E-state index in [4.69, 9.17) is 0 Å². The monoisotopic (exact) mass is 373 g/mol. The highest BCUT2D eigenvalue weighted by Crippen LogP contribution is 2.47. The van der Waals surface area contributed by atoms with Crippen LogP contribution in [0.5, 0.6) is 0 Å². The first kappa shape index (κ1) is 16.5. The molecule has 138 valence electrons. The van der Waals surface area contributed by atoms with E-state index in [0.29, 0.717) is 28.2 Å². The topological polar surface area (TPSA) is 61.4 Å². The largest absolute Gasteiger partial charge is 0.350 e. The predicted molar refractivity (Wildman–Crippen MR) is 105 cm³/mol. The van der Waals surface area contributed by atoms with Gasteiger partial charge in [-0.15, -0.1) is 0 Å². The Kier molecular flexibility index (Phi) is 3.34. The molecule has 3 aromatic rings. The van der Waals surface area contributed by atoms with Gasteiger partial charge in [0.15, 0.2) is 0 Å². The number of fused-ring (bicyclic) bond motifs is 3. The second-order valence-electron chi connectivity index (χ2n) is 7.00. The minimum Gasteiger partial charge on any atom is -0.350 e. The molecule has 0 saturated carbocycles. The smallest absolute Gasteiger partial charge is 0.276 e. The van der Waals surface area contributed by atoms with Crippen LogP contribution in [0.25, 0.3) is 0 Å². The van der Waals surface area contributed by atoms with Crippen molar-refractivity contribution in [2.75, 3.05) is 15.5 Å². The number of carbonyl (C=O) groups excluding carboxylic acids is 2. The van der Waals surface area contributed by atoms with Gasteiger partial charge in [0.2, 0.25) is 5.66 Å². The van der Waals surface area contributed by atoms with Crippen molar-refractivity contribution in [2.45, 2.75) is 12.6 Å². The maximum Gasteiger partial charge on any atom is 0.276 e. The summed E-state index contributed by atoms with van der Waals surface area (Å²) in [6.45, 7) is 1.93. The lowest BCUT2D eigenvalue weighted by Gasteiger charge is -2.44. The van der Waals surface area contributed by atoms with Gasteiger partial charge in [0.1, 0.15) is 5.82 Å². The zero-order valence-electron chi connectivity index (χ0n) is 15.0. The van der Waals surface area contributed by atoms with Gasteiger partial charge in [-0.25, -0.2) is 4.39 Å². The molecule has 0 aromatic heterocycles. The second kappa shape index (κ2) is 5.66. The molecule has 3 aromatic carbocycles. The third-order valence-electron chi connectivity index (χ3n) is 5.24. The summed E-state index contributed by atoms with van der Waals surface area (Å²) in [6.07, 6.45) is 0. The maximum atomic E-state index is 13.5. The van der Waals surface area contributed by atoms with Crippen LogP contribution in [0.3, 0.4) is 0 Å². The number of hydrogen-bond donors (Lipinski definition) is 2. The van der Waals surface area contributed by atoms with Crippen LogP contribution in [0.15, 0.2) is 66.7 Å². The molecule has 2 N–H and O–H groups in total. The fourth-order valence-electron chi connectivity index (χ4n) is 3.95. The average molecular weight is 373 g/mol. The van der Waals surface area contributed by atoms with Crippen LogP contribution in [0.1, 0.15) is 21.5 Å². The van der Waals surface area contributed by atoms with Crippen LogP contribution >= 0.6 is 0 Å². The number of carbonyl (C=O) groups is 2. The number of anilines is 3. The van der Waals surface area contributed by atoms with Crippen LogP contribution in [0.2, 0.25) is 0 Å². The van der Waals surface area contributed by atoms with Crippen LogP contribution in [0, 0.1) is 12.7 Å². The summed E-state index contributed by atoms with van der Waals surface area (Å²) in [6, 6.07) is 18.2. The highest BCUT2D eigenvalue weighted by Gasteiger charge is 2.57. The maximum absolute atomic E-state index is 13.5. The molecule has 28 heavy (non-hydrogen) atoms. The molecule has 1 atom stereocenters. The third-order valence-corrected chi connectivity index (χ3v) is 5.24. The predicted octanol–water partition coefficient (Wildman–Crippen LogP) is 4.01. The van der Waals surface area contributed by atoms with Gasteiger partial charge in [0.05, 0.1) is 5.56 Å². The standard InChI is InChI=1S/C22H16FN3O2/c1-13-6-11-19-17(12-13)22(21(28)24-19)25-18-5-3-2-4-16(18)20(27)26(22)15-9-7-14(23)8-10-15/h2-12,25H,1H3,(H,24,28)/t22-/m1/s1. The third kappa shape index (κ3) is 2.11. The van der Waals surface area contributed by atoms with Crippen molar-refractivity contribution in [3.05, 3.63) is 89.2 Å². The number of para-hydroxylation sites is 1. The number of benzene rings is 3. The van der Waals surface area contributed by atoms with Crippen LogP contribution in [0.4, 0.5) is 21.5 Å². The average Bonchev–Trinajstić information content (AvgIpc) is 2.95. The molecule has 2 heterocycles. The Balaban J connectivity index is 1.82. The van der Waals surface area contributed by atoms with Crippen molar-refractivity contribution >= 4 is 28.9 Å². The van der Waals surface area contributed by atoms with E-state index in [1.165, 1.54) is 29.2 Å². The minimum absolute atomic E-state index is 0.328. The molecule has 0 fully saturated rings. The lowest BCUT2D eigenvalue weighted by atomic mass is 9.91. The molecule has 0 bridgehead atoms. The minimum atomic E-state index is -1.45. The molecule has 0 saturated heterocycles. The summed E-state index contributed by atoms with van der Waals surface area (Å²) in [7, 11) is 0. The van der Waals surface area contributed by atoms with Crippen LogP contribution in [-0.2, 0) is 10.5 Å². The van der Waals surface area contributed by atoms with Gasteiger partial charge >= 0.3 is 0 Å². The quantitative estimate of drug-likeness (QED) is 0.678. The normalized spacial score (nSPS) is 19.9. The van der Waals surface area contributed by atoms with Gasteiger partial charge in [0, 0.05) is 22.6 Å². The van der Waals surface area contributed by atoms with Crippen molar-refractivity contribution in [3.63, 3.8) is 0 Å². The summed E-state index contributed by atoms with van der Waals surface area (Å²) in [5, 5.41) is 6.18. The molecule has 2 amide bonds. The summed E-state index contributed by atoms with van der Waals surface area (Å²) in [5.41, 5.74) is 2.26. The number of amides is 2. The Morgan fingerprint density at radius 3 is 2.46 bits per heavy atom. The van der Waals surface area contributed by atoms with Crippen molar-refractivity contribution in [1.82, 2.24) is 0 Å². The lowest BCUT2D eigenvalue weighted by molar-refractivity contribution is -0.119. The molecule has 2 aliphatic heterocycles. The number of aryl methyl sites for hydroxylation is 1. The van der Waals surface area contributed by atoms with E-state index in [2.05, 4.69) is 10.6 Å². The molecule has 0 radical (unpaired) electrons. The van der Waals surface area contributed by atoms with E-state index >= 15 is 0 Å². The molecule has 5 rings (SSSR count). The Morgan fingerprint density at radius 2 is 1.68 bits per heavy atom. The summed E-state index contributed by atoms with van der Waals surface area (Å²) in [5.74, 6) is -1.10. The number of rotatable bonds is 1. The molecule has 6 heteroatoms. The molecular weight excluding hydrogens is 357 g/mol. The Hall–Kier alpha value is -3.67. The van der Waals surface area contributed by atoms with Gasteiger partial charge in [-0.2, -0.15) is 0 Å². The summed E-state index contributed by atoms with van der Waals surface area (Å²) < 4.78 is 13.5. The summed E-state index contributed by atoms with van der Waals surface area (Å²) >= 11 is 0. The van der Waals surface area contributed by atoms with Gasteiger partial charge in [-0.1, -0.05) is 23.8 Å². The van der Waals surface area contributed by atoms with Crippen molar-refractivity contribution in [3.8, 4) is 0 Å². The van der Waals surface area contributed by atoms with Crippen LogP contribution < -0.4 is 15.5 Å². The lowest BCUT2D eigenvalue weighted by Crippen LogP contribution is -2.61. The van der Waals surface area contributed by atoms with Gasteiger partial charge < -0.3 is 10.6 Å². The molecular formula is C22H16FN3O2. The molecule has 0 aliphatic carbocycles. The Morgan fingerprint density at radius 1 is 0.929 bits per heavy atom. The Bertz CT molecular complexity index is 1140. The molecule has 5 nitrogen and oxygen atoms in total. The highest BCUT2D eigenvalue weighted by molar-refractivity contribution is 6.21. The fraction of sp³-hybridized carbons (Fsp3) is 0.0909. The SMILES string of the molecule is Cc1ccc2c(c1)[C@]1(Nc3ccccc3C(=O)N1c1ccc(F)cc1)C(=O)N2. The fourth-order valence-corrected chi connectivity index (χ4v) is 3.95. The van der Waals surface area contributed by atoms with Crippen molar-refractivity contribution < 1.29 is 14.0 Å². The van der Waals surface area contributed by atoms with E-state index in [0.717, 1.165) is 5.56 Å². The first-order valence-electron chi connectivity index (χ1n) is 8.90. The van der Waals surface area contributed by atoms with Gasteiger partial charge in [0.25, 0.3) is 11.8 Å². The number of hydrogen-bond acceptors (Lipinski definition) is 3. The number of halogens is 1. The van der Waals surface area contributed by atoms with Crippen LogP contribution in [-0.4, -0.2) is 11.8 Å². The van der Waals surface area contributed by atoms with Crippen molar-refractivity contribution in [1.29, 1.82) is 0 Å². The van der Waals surface area contributed by atoms with Gasteiger partial charge in [-0.05, 0) is 55.5 Å². The van der Waals surface area contributed by atoms with E-state index < -0.39 is 11.5 Å². The Labute approximate surface area is 160 Å². The zero-order chi connectivity index (χ0) is 19.5. The number of nitrogens with one attached hydrogen (secondary N) is 2. The highest BCUT2D eigenvalue weighted by atomic mass is 19.1. The molecule has 0 unspecified atom stereocenters. The zero-order valence-corrected chi connectivity index (χ0v) is 15.0.